The lowest BCUT2D eigenvalue weighted by molar-refractivity contribution is 0.395. The Kier molecular flexibility index (Phi) is 2.78. The summed E-state index contributed by atoms with van der Waals surface area (Å²) < 4.78 is 11.7. The minimum Gasteiger partial charge on any atom is -0.497 e. The Morgan fingerprint density at radius 2 is 2.00 bits per heavy atom. The number of nitrogens with zero attached hydrogens (tertiary/aromatic N) is 2. The first-order valence-corrected chi connectivity index (χ1v) is 4.98. The van der Waals surface area contributed by atoms with Crippen LogP contribution in [0.4, 0.5) is 5.95 Å². The van der Waals surface area contributed by atoms with Crippen LogP contribution in [0.5, 0.6) is 11.5 Å². The van der Waals surface area contributed by atoms with Crippen molar-refractivity contribution in [3.63, 3.8) is 0 Å². The number of hydrogen-bond donors (Lipinski definition) is 2. The Balaban J connectivity index is 2.51. The Morgan fingerprint density at radius 1 is 1.24 bits per heavy atom. The van der Waals surface area contributed by atoms with Crippen LogP contribution in [-0.2, 0) is 0 Å². The maximum absolute atomic E-state index is 5.59. The summed E-state index contributed by atoms with van der Waals surface area (Å²) in [5.41, 5.74) is 7.05. The quantitative estimate of drug-likeness (QED) is 0.769. The first-order chi connectivity index (χ1) is 8.15. The average Bonchev–Trinajstić information content (AvgIpc) is 2.68. The highest BCUT2D eigenvalue weighted by atomic mass is 16.5. The number of nitrogen functional groups attached to an aromatic ring is 2. The molecular formula is C11H14N4O2. The average molecular weight is 234 g/mol. The molecule has 17 heavy (non-hydrogen) atoms. The third-order valence-electron chi connectivity index (χ3n) is 2.45. The highest BCUT2D eigenvalue weighted by Gasteiger charge is 2.11. The molecule has 1 heterocycles. The van der Waals surface area contributed by atoms with E-state index in [0.717, 1.165) is 5.56 Å². The van der Waals surface area contributed by atoms with Gasteiger partial charge in [0.25, 0.3) is 0 Å². The van der Waals surface area contributed by atoms with Crippen molar-refractivity contribution in [2.75, 3.05) is 25.8 Å². The summed E-state index contributed by atoms with van der Waals surface area (Å²) in [5.74, 6) is 7.21. The van der Waals surface area contributed by atoms with Gasteiger partial charge in [-0.15, -0.1) is 0 Å². The molecule has 0 unspecified atom stereocenters. The van der Waals surface area contributed by atoms with Crippen LogP contribution in [0.3, 0.4) is 0 Å². The molecule has 2 aromatic rings. The zero-order chi connectivity index (χ0) is 12.4. The van der Waals surface area contributed by atoms with E-state index in [-0.39, 0.29) is 5.95 Å². The monoisotopic (exact) mass is 234 g/mol. The van der Waals surface area contributed by atoms with Gasteiger partial charge in [-0.05, 0) is 12.1 Å². The van der Waals surface area contributed by atoms with Gasteiger partial charge in [-0.3, -0.25) is 0 Å². The van der Waals surface area contributed by atoms with Crippen molar-refractivity contribution >= 4 is 5.95 Å². The number of hydrogen-bond acceptors (Lipinski definition) is 5. The van der Waals surface area contributed by atoms with Crippen molar-refractivity contribution in [3.05, 3.63) is 24.4 Å². The summed E-state index contributed by atoms with van der Waals surface area (Å²) in [6.07, 6.45) is 1.64. The van der Waals surface area contributed by atoms with Crippen molar-refractivity contribution in [2.24, 2.45) is 0 Å². The van der Waals surface area contributed by atoms with Crippen LogP contribution in [-0.4, -0.2) is 23.9 Å². The van der Waals surface area contributed by atoms with Crippen LogP contribution < -0.4 is 21.1 Å². The number of nitrogens with two attached hydrogens (primary N) is 2. The molecule has 1 aromatic heterocycles. The van der Waals surface area contributed by atoms with Crippen molar-refractivity contribution < 1.29 is 9.47 Å². The molecule has 0 saturated carbocycles. The van der Waals surface area contributed by atoms with Crippen LogP contribution in [0.2, 0.25) is 0 Å². The highest BCUT2D eigenvalue weighted by Crippen LogP contribution is 2.32. The molecule has 2 rings (SSSR count). The van der Waals surface area contributed by atoms with Crippen LogP contribution in [0.1, 0.15) is 0 Å². The second kappa shape index (κ2) is 4.25. The van der Waals surface area contributed by atoms with Crippen LogP contribution in [0.15, 0.2) is 24.4 Å². The zero-order valence-corrected chi connectivity index (χ0v) is 9.68. The molecule has 0 radical (unpaired) electrons. The van der Waals surface area contributed by atoms with Gasteiger partial charge >= 0.3 is 0 Å². The molecule has 4 N–H and O–H groups in total. The molecule has 0 aliphatic carbocycles. The van der Waals surface area contributed by atoms with Gasteiger partial charge in [-0.2, -0.15) is 0 Å². The predicted octanol–water partition coefficient (Wildman–Crippen LogP) is 0.863. The molecule has 0 saturated heterocycles. The van der Waals surface area contributed by atoms with Crippen LogP contribution in [0, 0.1) is 0 Å². The van der Waals surface area contributed by atoms with Gasteiger partial charge in [0.2, 0.25) is 5.95 Å². The summed E-state index contributed by atoms with van der Waals surface area (Å²) in [4.78, 5) is 4.14. The molecule has 0 bridgehead atoms. The van der Waals surface area contributed by atoms with Crippen LogP contribution >= 0.6 is 0 Å². The Bertz CT molecular complexity index is 517. The molecule has 6 heteroatoms. The molecular weight excluding hydrogens is 220 g/mol. The lowest BCUT2D eigenvalue weighted by atomic mass is 10.1. The predicted molar refractivity (Wildman–Crippen MR) is 65.3 cm³/mol. The number of methoxy groups -OCH3 is 2. The lowest BCUT2D eigenvalue weighted by Gasteiger charge is -2.08. The SMILES string of the molecule is COc1ccc(-c2cn(N)c(N)n2)c(OC)c1. The van der Waals surface area contributed by atoms with E-state index in [1.54, 1.807) is 26.5 Å². The minimum absolute atomic E-state index is 0.248. The fourth-order valence-electron chi connectivity index (χ4n) is 1.55. The van der Waals surface area contributed by atoms with Gasteiger partial charge < -0.3 is 21.1 Å². The molecule has 0 aliphatic rings. The van der Waals surface area contributed by atoms with E-state index in [1.807, 2.05) is 12.1 Å². The van der Waals surface area contributed by atoms with Crippen molar-refractivity contribution in [2.45, 2.75) is 0 Å². The number of benzene rings is 1. The molecule has 0 aliphatic heterocycles. The highest BCUT2D eigenvalue weighted by molar-refractivity contribution is 5.69. The third-order valence-corrected chi connectivity index (χ3v) is 2.45. The number of aromatic nitrogens is 2. The van der Waals surface area contributed by atoms with Gasteiger partial charge in [0.1, 0.15) is 11.5 Å². The summed E-state index contributed by atoms with van der Waals surface area (Å²) in [7, 11) is 3.18. The Hall–Kier alpha value is -2.37. The minimum atomic E-state index is 0.248. The first-order valence-electron chi connectivity index (χ1n) is 4.98. The van der Waals surface area contributed by atoms with Crippen molar-refractivity contribution in [3.8, 4) is 22.8 Å². The lowest BCUT2D eigenvalue weighted by Crippen LogP contribution is -2.09. The van der Waals surface area contributed by atoms with Crippen LogP contribution in [0.25, 0.3) is 11.3 Å². The number of anilines is 1. The summed E-state index contributed by atoms with van der Waals surface area (Å²) >= 11 is 0. The Labute approximate surface area is 98.7 Å². The van der Waals surface area contributed by atoms with E-state index in [0.29, 0.717) is 17.2 Å². The van der Waals surface area contributed by atoms with Crippen molar-refractivity contribution in [1.82, 2.24) is 9.66 Å². The van der Waals surface area contributed by atoms with E-state index in [4.69, 9.17) is 21.1 Å². The van der Waals surface area contributed by atoms with Gasteiger partial charge in [-0.25, -0.2) is 9.66 Å². The Morgan fingerprint density at radius 3 is 2.53 bits per heavy atom. The largest absolute Gasteiger partial charge is 0.497 e. The third kappa shape index (κ3) is 1.96. The fraction of sp³-hybridized carbons (Fsp3) is 0.182. The van der Waals surface area contributed by atoms with E-state index >= 15 is 0 Å². The maximum atomic E-state index is 5.59. The van der Waals surface area contributed by atoms with E-state index in [1.165, 1.54) is 4.68 Å². The second-order valence-corrected chi connectivity index (χ2v) is 3.46. The zero-order valence-electron chi connectivity index (χ0n) is 9.68. The second-order valence-electron chi connectivity index (χ2n) is 3.46. The van der Waals surface area contributed by atoms with E-state index in [2.05, 4.69) is 4.98 Å². The molecule has 0 atom stereocenters. The molecule has 0 amide bonds. The van der Waals surface area contributed by atoms with Gasteiger partial charge in [0.15, 0.2) is 0 Å². The smallest absolute Gasteiger partial charge is 0.219 e. The molecule has 1 aromatic carbocycles. The van der Waals surface area contributed by atoms with Gasteiger partial charge in [-0.1, -0.05) is 0 Å². The summed E-state index contributed by atoms with van der Waals surface area (Å²) in [6, 6.07) is 5.45. The summed E-state index contributed by atoms with van der Waals surface area (Å²) in [6.45, 7) is 0. The van der Waals surface area contributed by atoms with E-state index < -0.39 is 0 Å². The number of ether oxygens (including phenoxy) is 2. The first kappa shape index (κ1) is 11.1. The van der Waals surface area contributed by atoms with Gasteiger partial charge in [0, 0.05) is 11.6 Å². The molecule has 90 valence electrons. The van der Waals surface area contributed by atoms with E-state index in [9.17, 15) is 0 Å². The van der Waals surface area contributed by atoms with Crippen molar-refractivity contribution in [1.29, 1.82) is 0 Å². The topological polar surface area (TPSA) is 88.3 Å². The molecule has 6 nitrogen and oxygen atoms in total. The standard InChI is InChI=1S/C11H14N4O2/c1-16-7-3-4-8(10(5-7)17-2)9-6-15(13)11(12)14-9/h3-6H,13H2,1-2H3,(H2,12,14). The van der Waals surface area contributed by atoms with Gasteiger partial charge in [0.05, 0.1) is 26.1 Å². The number of imidazole rings is 1. The summed E-state index contributed by atoms with van der Waals surface area (Å²) in [5, 5.41) is 0. The molecule has 0 spiro atoms. The fourth-order valence-corrected chi connectivity index (χ4v) is 1.55. The number of rotatable bonds is 3. The normalized spacial score (nSPS) is 10.2. The molecule has 0 fully saturated rings. The maximum Gasteiger partial charge on any atom is 0.219 e.